The molecule has 0 aliphatic rings. The summed E-state index contributed by atoms with van der Waals surface area (Å²) < 4.78 is 49.6. The van der Waals surface area contributed by atoms with Crippen LogP contribution in [-0.4, -0.2) is 115 Å². The van der Waals surface area contributed by atoms with Gasteiger partial charge in [-0.15, -0.1) is 0 Å². The fraction of sp³-hybridized carbons (Fsp3) is 0. The Morgan fingerprint density at radius 2 is 0.232 bits per heavy atom. The van der Waals surface area contributed by atoms with Crippen LogP contribution in [0, 0.1) is 0 Å². The number of phenols is 12. The summed E-state index contributed by atoms with van der Waals surface area (Å²) in [6.07, 6.45) is 0. The van der Waals surface area contributed by atoms with Gasteiger partial charge in [0.1, 0.15) is 121 Å². The molecule has 10 aromatic rings. The molecular weight excluding hydrogens is 1310 g/mol. The number of aromatic hydroxyl groups is 12. The Kier molecular flexibility index (Phi) is 19.0. The molecule has 498 valence electrons. The van der Waals surface area contributed by atoms with E-state index in [9.17, 15) is 104 Å². The van der Waals surface area contributed by atoms with E-state index < -0.39 is 225 Å². The summed E-state index contributed by atoms with van der Waals surface area (Å²) in [7, 11) is 0. The smallest absolute Gasteiger partial charge is 0.343 e. The summed E-state index contributed by atoms with van der Waals surface area (Å²) in [5, 5.41) is 121. The van der Waals surface area contributed by atoms with Crippen LogP contribution in [0.5, 0.6) is 121 Å². The number of carbonyl (C=O) groups excluding carboxylic acids is 9. The summed E-state index contributed by atoms with van der Waals surface area (Å²) >= 11 is 0. The van der Waals surface area contributed by atoms with Gasteiger partial charge in [0.15, 0.2) is 0 Å². The van der Waals surface area contributed by atoms with E-state index in [1.165, 1.54) is 0 Å². The maximum atomic E-state index is 14.5. The van der Waals surface area contributed by atoms with Crippen LogP contribution in [0.3, 0.4) is 0 Å². The van der Waals surface area contributed by atoms with Gasteiger partial charge in [-0.2, -0.15) is 0 Å². The predicted octanol–water partition coefficient (Wildman–Crippen LogP) is 9.13. The Morgan fingerprint density at radius 1 is 0.141 bits per heavy atom. The zero-order valence-corrected chi connectivity index (χ0v) is 49.5. The largest absolute Gasteiger partial charge is 0.508 e. The van der Waals surface area contributed by atoms with Gasteiger partial charge < -0.3 is 104 Å². The van der Waals surface area contributed by atoms with Gasteiger partial charge in [-0.3, -0.25) is 0 Å². The van der Waals surface area contributed by atoms with Crippen LogP contribution in [0.25, 0.3) is 0 Å². The van der Waals surface area contributed by atoms with Crippen molar-refractivity contribution in [3.8, 4) is 121 Å². The third kappa shape index (κ3) is 17.4. The van der Waals surface area contributed by atoms with Crippen molar-refractivity contribution in [2.45, 2.75) is 0 Å². The standard InChI is InChI=1S/C69H42O30/c70-40-1-31(2-41(71)19-40)61(82)91-52-13-37(14-53(25-52)92-62(83)32-3-42(72)20-43(73)4-32)67(88)97-58-28-59(98-68(89)38-15-54(93-63(84)33-5-44(74)21-45(75)6-33)26-55(16-38)94-64(85)34-7-46(76)22-47(77)8-34)30-60(29-58)99-69(90)39-17-56(95-65(86)35-9-48(78)23-49(79)10-35)27-57(18-39)96-66(87)36-11-50(80)24-51(81)12-36/h1-30,70-81H. The molecule has 0 unspecified atom stereocenters. The lowest BCUT2D eigenvalue weighted by atomic mass is 10.1. The summed E-state index contributed by atoms with van der Waals surface area (Å²) in [5.74, 6) is -24.6. The zero-order valence-electron chi connectivity index (χ0n) is 49.5. The van der Waals surface area contributed by atoms with Gasteiger partial charge in [-0.1, -0.05) is 0 Å². The van der Waals surface area contributed by atoms with Crippen LogP contribution in [0.1, 0.15) is 93.2 Å². The van der Waals surface area contributed by atoms with Gasteiger partial charge in [0.2, 0.25) is 0 Å². The first-order chi connectivity index (χ1) is 47.0. The van der Waals surface area contributed by atoms with Gasteiger partial charge in [0.25, 0.3) is 0 Å². The number of benzene rings is 10. The fourth-order valence-electron chi connectivity index (χ4n) is 8.92. The first-order valence-corrected chi connectivity index (χ1v) is 27.8. The second kappa shape index (κ2) is 28.1. The third-order valence-electron chi connectivity index (χ3n) is 12.9. The number of hydrogen-bond acceptors (Lipinski definition) is 30. The fourth-order valence-corrected chi connectivity index (χ4v) is 8.92. The normalized spacial score (nSPS) is 10.7. The zero-order chi connectivity index (χ0) is 71.1. The summed E-state index contributed by atoms with van der Waals surface area (Å²) in [6.45, 7) is 0. The van der Waals surface area contributed by atoms with E-state index in [4.69, 9.17) is 42.6 Å². The first kappa shape index (κ1) is 66.9. The highest BCUT2D eigenvalue weighted by atomic mass is 16.6. The van der Waals surface area contributed by atoms with Crippen LogP contribution in [0.2, 0.25) is 0 Å². The quantitative estimate of drug-likeness (QED) is 0.0281. The van der Waals surface area contributed by atoms with Crippen molar-refractivity contribution in [1.82, 2.24) is 0 Å². The van der Waals surface area contributed by atoms with Crippen LogP contribution in [0.4, 0.5) is 0 Å². The maximum Gasteiger partial charge on any atom is 0.343 e. The molecule has 0 atom stereocenters. The summed E-state index contributed by atoms with van der Waals surface area (Å²) in [4.78, 5) is 124. The predicted molar refractivity (Wildman–Crippen MR) is 329 cm³/mol. The second-order valence-corrected chi connectivity index (χ2v) is 20.7. The lowest BCUT2D eigenvalue weighted by Gasteiger charge is -2.14. The van der Waals surface area contributed by atoms with E-state index in [2.05, 4.69) is 0 Å². The number of hydrogen-bond donors (Lipinski definition) is 12. The van der Waals surface area contributed by atoms with Crippen molar-refractivity contribution in [2.75, 3.05) is 0 Å². The SMILES string of the molecule is O=C(Oc1cc(OC(=O)c2cc(O)cc(O)c2)cc(C(=O)Oc2cc(OC(=O)c3cc(OC(=O)c4cc(O)cc(O)c4)cc(OC(=O)c4cc(O)cc(O)c4)c3)cc(OC(=O)c3cc(OC(=O)c4cc(O)cc(O)c4)cc(OC(=O)c4cc(O)cc(O)c4)c3)c2)c1)c1cc(O)cc(O)c1. The van der Waals surface area contributed by atoms with Crippen molar-refractivity contribution >= 4 is 53.7 Å². The van der Waals surface area contributed by atoms with Crippen molar-refractivity contribution in [2.24, 2.45) is 0 Å². The van der Waals surface area contributed by atoms with Crippen molar-refractivity contribution in [3.05, 3.63) is 232 Å². The van der Waals surface area contributed by atoms with E-state index in [1.807, 2.05) is 0 Å². The van der Waals surface area contributed by atoms with Gasteiger partial charge in [0, 0.05) is 72.8 Å². The summed E-state index contributed by atoms with van der Waals surface area (Å²) in [5.41, 5.74) is -4.57. The third-order valence-corrected chi connectivity index (χ3v) is 12.9. The topological polar surface area (TPSA) is 479 Å². The Labute approximate surface area is 551 Å². The second-order valence-electron chi connectivity index (χ2n) is 20.7. The highest BCUT2D eigenvalue weighted by Crippen LogP contribution is 2.36. The summed E-state index contributed by atoms with van der Waals surface area (Å²) in [6, 6.07) is 26.4. The highest BCUT2D eigenvalue weighted by molar-refractivity contribution is 5.99. The van der Waals surface area contributed by atoms with Crippen LogP contribution in [0.15, 0.2) is 182 Å². The molecule has 30 heteroatoms. The van der Waals surface area contributed by atoms with Crippen LogP contribution in [-0.2, 0) is 0 Å². The molecule has 10 aromatic carbocycles. The molecule has 0 spiro atoms. The van der Waals surface area contributed by atoms with Gasteiger partial charge in [-0.05, 0) is 109 Å². The Balaban J connectivity index is 1.04. The average Bonchev–Trinajstić information content (AvgIpc) is 0.821. The lowest BCUT2D eigenvalue weighted by Crippen LogP contribution is -2.15. The number of phenolic OH excluding ortho intramolecular Hbond substituents is 12. The molecule has 0 amide bonds. The molecule has 0 fully saturated rings. The lowest BCUT2D eigenvalue weighted by molar-refractivity contribution is 0.0691. The van der Waals surface area contributed by atoms with Crippen LogP contribution < -0.4 is 42.6 Å². The van der Waals surface area contributed by atoms with Crippen molar-refractivity contribution < 1.29 is 147 Å². The monoisotopic (exact) mass is 1350 g/mol. The van der Waals surface area contributed by atoms with Gasteiger partial charge in [-0.25, -0.2) is 43.2 Å². The molecule has 0 heterocycles. The Morgan fingerprint density at radius 3 is 0.343 bits per heavy atom. The van der Waals surface area contributed by atoms with Crippen molar-refractivity contribution in [3.63, 3.8) is 0 Å². The first-order valence-electron chi connectivity index (χ1n) is 27.8. The van der Waals surface area contributed by atoms with E-state index >= 15 is 0 Å². The molecule has 0 saturated carbocycles. The maximum absolute atomic E-state index is 14.5. The molecule has 0 radical (unpaired) electrons. The van der Waals surface area contributed by atoms with Gasteiger partial charge >= 0.3 is 53.7 Å². The van der Waals surface area contributed by atoms with E-state index in [1.54, 1.807) is 0 Å². The van der Waals surface area contributed by atoms with Gasteiger partial charge in [0.05, 0.1) is 50.1 Å². The number of ether oxygens (including phenoxy) is 9. The Hall–Kier alpha value is -15.0. The Bertz CT molecular complexity index is 4140. The molecule has 0 aliphatic carbocycles. The highest BCUT2D eigenvalue weighted by Gasteiger charge is 2.26. The molecule has 0 aromatic heterocycles. The molecule has 0 bridgehead atoms. The average molecular weight is 1350 g/mol. The minimum absolute atomic E-state index is 0.439. The number of rotatable bonds is 18. The van der Waals surface area contributed by atoms with E-state index in [0.29, 0.717) is 0 Å². The molecule has 0 saturated heterocycles. The molecule has 0 aliphatic heterocycles. The van der Waals surface area contributed by atoms with Crippen LogP contribution >= 0.6 is 0 Å². The minimum Gasteiger partial charge on any atom is -0.508 e. The molecule has 99 heavy (non-hydrogen) atoms. The number of carbonyl (C=O) groups is 9. The molecule has 12 N–H and O–H groups in total. The van der Waals surface area contributed by atoms with Crippen molar-refractivity contribution in [1.29, 1.82) is 0 Å². The molecular formula is C69H42O30. The molecule has 10 rings (SSSR count). The molecule has 30 nitrogen and oxygen atoms in total. The van der Waals surface area contributed by atoms with E-state index in [0.717, 1.165) is 182 Å². The number of esters is 9. The minimum atomic E-state index is -1.46. The van der Waals surface area contributed by atoms with E-state index in [-0.39, 0.29) is 0 Å².